The van der Waals surface area contributed by atoms with E-state index in [1.807, 2.05) is 0 Å². The summed E-state index contributed by atoms with van der Waals surface area (Å²) in [6.45, 7) is 6.63. The van der Waals surface area contributed by atoms with Crippen molar-refractivity contribution in [2.75, 3.05) is 0 Å². The maximum Gasteiger partial charge on any atom is 0.213 e. The Labute approximate surface area is 126 Å². The van der Waals surface area contributed by atoms with E-state index in [4.69, 9.17) is 0 Å². The molecule has 0 N–H and O–H groups in total. The predicted molar refractivity (Wildman–Crippen MR) is 89.4 cm³/mol. The van der Waals surface area contributed by atoms with Crippen LogP contribution in [0, 0.1) is 13.8 Å². The van der Waals surface area contributed by atoms with Crippen LogP contribution in [0.2, 0.25) is 0 Å². The molecule has 0 unspecified atom stereocenters. The third kappa shape index (κ3) is 2.44. The lowest BCUT2D eigenvalue weighted by atomic mass is 9.94. The molecule has 0 atom stereocenters. The summed E-state index contributed by atoms with van der Waals surface area (Å²) in [4.78, 5) is 0. The van der Waals surface area contributed by atoms with Crippen LogP contribution in [0.1, 0.15) is 23.6 Å². The number of aromatic nitrogens is 1. The number of nitrogens with zero attached hydrogens (tertiary/aromatic N) is 1. The predicted octanol–water partition coefficient (Wildman–Crippen LogP) is 4.51. The van der Waals surface area contributed by atoms with Crippen LogP contribution in [0.15, 0.2) is 48.7 Å². The Morgan fingerprint density at radius 3 is 2.38 bits per heavy atom. The fourth-order valence-electron chi connectivity index (χ4n) is 3.25. The van der Waals surface area contributed by atoms with E-state index in [2.05, 4.69) is 81.0 Å². The maximum atomic E-state index is 2.32. The Kier molecular flexibility index (Phi) is 3.50. The zero-order valence-electron chi connectivity index (χ0n) is 13.3. The van der Waals surface area contributed by atoms with E-state index in [0.29, 0.717) is 0 Å². The van der Waals surface area contributed by atoms with Gasteiger partial charge in [-0.15, -0.1) is 0 Å². The van der Waals surface area contributed by atoms with Crippen molar-refractivity contribution in [1.82, 2.24) is 0 Å². The van der Waals surface area contributed by atoms with Crippen LogP contribution >= 0.6 is 0 Å². The van der Waals surface area contributed by atoms with Crippen LogP contribution < -0.4 is 4.57 Å². The SMILES string of the molecule is CCc1c(C)cc(C)cc1-c1cc2ccccc2c[n+]1C. The smallest absolute Gasteiger partial charge is 0.200 e. The number of fused-ring (bicyclic) bond motifs is 1. The third-order valence-electron chi connectivity index (χ3n) is 4.25. The van der Waals surface area contributed by atoms with E-state index in [-0.39, 0.29) is 0 Å². The molecule has 21 heavy (non-hydrogen) atoms. The highest BCUT2D eigenvalue weighted by Gasteiger charge is 2.16. The first-order valence-electron chi connectivity index (χ1n) is 7.59. The number of hydrogen-bond donors (Lipinski definition) is 0. The largest absolute Gasteiger partial charge is 0.213 e. The number of hydrogen-bond acceptors (Lipinski definition) is 0. The van der Waals surface area contributed by atoms with E-state index in [1.54, 1.807) is 0 Å². The molecular formula is C20H22N+. The molecule has 0 saturated carbocycles. The molecule has 0 spiro atoms. The van der Waals surface area contributed by atoms with Gasteiger partial charge in [0, 0.05) is 17.0 Å². The molecule has 0 aliphatic heterocycles. The molecule has 0 amide bonds. The molecule has 3 rings (SSSR count). The first-order valence-corrected chi connectivity index (χ1v) is 7.59. The average Bonchev–Trinajstić information content (AvgIpc) is 2.45. The van der Waals surface area contributed by atoms with Gasteiger partial charge in [-0.1, -0.05) is 36.8 Å². The number of pyridine rings is 1. The quantitative estimate of drug-likeness (QED) is 0.606. The first-order chi connectivity index (χ1) is 10.1. The van der Waals surface area contributed by atoms with E-state index in [9.17, 15) is 0 Å². The minimum Gasteiger partial charge on any atom is -0.200 e. The lowest BCUT2D eigenvalue weighted by molar-refractivity contribution is -0.659. The van der Waals surface area contributed by atoms with Gasteiger partial charge in [-0.3, -0.25) is 0 Å². The van der Waals surface area contributed by atoms with Crippen LogP contribution in [0.25, 0.3) is 22.0 Å². The fourth-order valence-corrected chi connectivity index (χ4v) is 3.25. The Balaban J connectivity index is 2.32. The van der Waals surface area contributed by atoms with Gasteiger partial charge in [0.25, 0.3) is 0 Å². The van der Waals surface area contributed by atoms with Crippen LogP contribution in [0.4, 0.5) is 0 Å². The van der Waals surface area contributed by atoms with Gasteiger partial charge in [0.1, 0.15) is 7.05 Å². The zero-order chi connectivity index (χ0) is 15.0. The Hall–Kier alpha value is -2.15. The van der Waals surface area contributed by atoms with E-state index < -0.39 is 0 Å². The molecular weight excluding hydrogens is 254 g/mol. The zero-order valence-corrected chi connectivity index (χ0v) is 13.3. The van der Waals surface area contributed by atoms with Crippen molar-refractivity contribution in [3.8, 4) is 11.3 Å². The van der Waals surface area contributed by atoms with E-state index in [1.165, 1.54) is 38.7 Å². The molecule has 0 aliphatic rings. The van der Waals surface area contributed by atoms with Crippen molar-refractivity contribution in [3.05, 3.63) is 65.4 Å². The van der Waals surface area contributed by atoms with Gasteiger partial charge in [-0.05, 0) is 48.9 Å². The van der Waals surface area contributed by atoms with Crippen molar-refractivity contribution >= 4 is 10.8 Å². The van der Waals surface area contributed by atoms with Crippen molar-refractivity contribution < 1.29 is 4.57 Å². The normalized spacial score (nSPS) is 11.0. The first kappa shape index (κ1) is 13.8. The van der Waals surface area contributed by atoms with Gasteiger partial charge < -0.3 is 0 Å². The van der Waals surface area contributed by atoms with Crippen LogP contribution in [0.5, 0.6) is 0 Å². The van der Waals surface area contributed by atoms with Crippen LogP contribution in [-0.4, -0.2) is 0 Å². The summed E-state index contributed by atoms with van der Waals surface area (Å²) in [7, 11) is 2.14. The summed E-state index contributed by atoms with van der Waals surface area (Å²) in [6, 6.07) is 15.5. The maximum absolute atomic E-state index is 2.32. The van der Waals surface area contributed by atoms with Crippen LogP contribution in [0.3, 0.4) is 0 Å². The Bertz CT molecular complexity index is 815. The van der Waals surface area contributed by atoms with Crippen molar-refractivity contribution in [1.29, 1.82) is 0 Å². The Morgan fingerprint density at radius 1 is 0.952 bits per heavy atom. The highest BCUT2D eigenvalue weighted by Crippen LogP contribution is 2.28. The lowest BCUT2D eigenvalue weighted by Gasteiger charge is -2.12. The highest BCUT2D eigenvalue weighted by atomic mass is 14.9. The third-order valence-corrected chi connectivity index (χ3v) is 4.25. The van der Waals surface area contributed by atoms with Gasteiger partial charge in [-0.25, -0.2) is 4.57 Å². The summed E-state index contributed by atoms with van der Waals surface area (Å²) in [6.07, 6.45) is 3.29. The van der Waals surface area contributed by atoms with Crippen molar-refractivity contribution in [2.24, 2.45) is 7.05 Å². The summed E-state index contributed by atoms with van der Waals surface area (Å²) in [5.74, 6) is 0. The van der Waals surface area contributed by atoms with Gasteiger partial charge in [0.05, 0.1) is 0 Å². The lowest BCUT2D eigenvalue weighted by Crippen LogP contribution is -2.30. The molecule has 106 valence electrons. The second kappa shape index (κ2) is 5.33. The van der Waals surface area contributed by atoms with Gasteiger partial charge >= 0.3 is 0 Å². The summed E-state index contributed by atoms with van der Waals surface area (Å²) >= 11 is 0. The number of benzene rings is 2. The molecule has 0 saturated heterocycles. The topological polar surface area (TPSA) is 3.88 Å². The average molecular weight is 276 g/mol. The van der Waals surface area contributed by atoms with Gasteiger partial charge in [-0.2, -0.15) is 0 Å². The molecule has 0 radical (unpaired) electrons. The monoisotopic (exact) mass is 276 g/mol. The number of rotatable bonds is 2. The molecule has 2 aromatic carbocycles. The van der Waals surface area contributed by atoms with Crippen LogP contribution in [-0.2, 0) is 13.5 Å². The molecule has 1 aromatic heterocycles. The second-order valence-electron chi connectivity index (χ2n) is 5.86. The molecule has 3 aromatic rings. The molecule has 0 bridgehead atoms. The molecule has 0 fully saturated rings. The molecule has 0 aliphatic carbocycles. The van der Waals surface area contributed by atoms with E-state index >= 15 is 0 Å². The number of aryl methyl sites for hydroxylation is 3. The van der Waals surface area contributed by atoms with E-state index in [0.717, 1.165) is 6.42 Å². The summed E-state index contributed by atoms with van der Waals surface area (Å²) < 4.78 is 2.25. The standard InChI is InChI=1S/C20H22N/c1-5-18-15(3)10-14(2)11-19(18)20-12-16-8-6-7-9-17(16)13-21(20)4/h6-13H,5H2,1-4H3/q+1. The fraction of sp³-hybridized carbons (Fsp3) is 0.250. The highest BCUT2D eigenvalue weighted by molar-refractivity contribution is 5.84. The van der Waals surface area contributed by atoms with Crippen molar-refractivity contribution in [2.45, 2.75) is 27.2 Å². The summed E-state index contributed by atoms with van der Waals surface area (Å²) in [5, 5.41) is 2.58. The minimum absolute atomic E-state index is 1.06. The molecule has 1 heteroatoms. The van der Waals surface area contributed by atoms with Gasteiger partial charge in [0.2, 0.25) is 5.69 Å². The molecule has 1 heterocycles. The van der Waals surface area contributed by atoms with Gasteiger partial charge in [0.15, 0.2) is 6.20 Å². The Morgan fingerprint density at radius 2 is 1.67 bits per heavy atom. The molecule has 1 nitrogen and oxygen atoms in total. The summed E-state index contributed by atoms with van der Waals surface area (Å²) in [5.41, 5.74) is 6.82. The minimum atomic E-state index is 1.06. The second-order valence-corrected chi connectivity index (χ2v) is 5.86. The van der Waals surface area contributed by atoms with Crippen molar-refractivity contribution in [3.63, 3.8) is 0 Å².